The summed E-state index contributed by atoms with van der Waals surface area (Å²) in [5.41, 5.74) is 0. The number of aliphatic hydroxyl groups excluding tert-OH is 1. The van der Waals surface area contributed by atoms with Gasteiger partial charge < -0.3 is 20.0 Å². The first-order valence-corrected chi connectivity index (χ1v) is 6.10. The Hall–Kier alpha value is -1.51. The number of alkyl halides is 3. The summed E-state index contributed by atoms with van der Waals surface area (Å²) < 4.78 is 37.1. The van der Waals surface area contributed by atoms with E-state index in [-0.39, 0.29) is 30.3 Å². The molecule has 1 fully saturated rings. The molecule has 1 aliphatic rings. The second-order valence-electron chi connectivity index (χ2n) is 4.93. The Morgan fingerprint density at radius 2 is 2.00 bits per heavy atom. The molecule has 2 atom stereocenters. The van der Waals surface area contributed by atoms with Gasteiger partial charge in [-0.15, -0.1) is 0 Å². The molecular formula is C11H17F3N2O4. The summed E-state index contributed by atoms with van der Waals surface area (Å²) in [7, 11) is 0. The number of carbonyl (C=O) groups is 2. The van der Waals surface area contributed by atoms with Crippen LogP contribution < -0.4 is 0 Å². The van der Waals surface area contributed by atoms with Crippen molar-refractivity contribution < 1.29 is 33.0 Å². The maximum atomic E-state index is 12.4. The number of rotatable bonds is 3. The van der Waals surface area contributed by atoms with Gasteiger partial charge in [0.2, 0.25) is 0 Å². The first kappa shape index (κ1) is 16.5. The predicted octanol–water partition coefficient (Wildman–Crippen LogP) is 0.758. The largest absolute Gasteiger partial charge is 0.480 e. The number of carboxylic acid groups (broad SMARTS) is 1. The molecule has 116 valence electrons. The Kier molecular flexibility index (Phi) is 5.21. The quantitative estimate of drug-likeness (QED) is 0.806. The highest BCUT2D eigenvalue weighted by atomic mass is 19.4. The molecule has 1 heterocycles. The molecule has 6 nitrogen and oxygen atoms in total. The third-order valence-electron chi connectivity index (χ3n) is 3.10. The van der Waals surface area contributed by atoms with E-state index in [1.165, 1.54) is 0 Å². The lowest BCUT2D eigenvalue weighted by Gasteiger charge is -2.37. The van der Waals surface area contributed by atoms with Gasteiger partial charge in [-0.3, -0.25) is 4.79 Å². The molecule has 20 heavy (non-hydrogen) atoms. The molecule has 0 aromatic rings. The number of halogens is 3. The van der Waals surface area contributed by atoms with Crippen LogP contribution >= 0.6 is 0 Å². The van der Waals surface area contributed by atoms with Gasteiger partial charge in [-0.25, -0.2) is 4.79 Å². The number of likely N-dealkylation sites (tertiary alicyclic amines) is 1. The van der Waals surface area contributed by atoms with Crippen LogP contribution in [0, 0.1) is 5.92 Å². The molecule has 0 radical (unpaired) electrons. The van der Waals surface area contributed by atoms with Gasteiger partial charge in [0.1, 0.15) is 13.1 Å². The Morgan fingerprint density at radius 3 is 2.45 bits per heavy atom. The zero-order chi connectivity index (χ0) is 15.5. The third kappa shape index (κ3) is 4.87. The second-order valence-corrected chi connectivity index (χ2v) is 4.93. The van der Waals surface area contributed by atoms with Crippen molar-refractivity contribution >= 4 is 12.0 Å². The highest BCUT2D eigenvalue weighted by molar-refractivity contribution is 5.80. The SMILES string of the molecule is CC1CN(C(=O)N(CC(=O)O)CC(F)(F)F)CCC1O. The van der Waals surface area contributed by atoms with Crippen LogP contribution in [0.1, 0.15) is 13.3 Å². The minimum atomic E-state index is -4.66. The van der Waals surface area contributed by atoms with Crippen molar-refractivity contribution in [2.45, 2.75) is 25.6 Å². The summed E-state index contributed by atoms with van der Waals surface area (Å²) in [6, 6.07) is -0.969. The molecule has 9 heteroatoms. The van der Waals surface area contributed by atoms with Crippen molar-refractivity contribution in [1.29, 1.82) is 0 Å². The minimum Gasteiger partial charge on any atom is -0.480 e. The zero-order valence-corrected chi connectivity index (χ0v) is 10.9. The fraction of sp³-hybridized carbons (Fsp3) is 0.818. The summed E-state index contributed by atoms with van der Waals surface area (Å²) in [6.07, 6.45) is -5.00. The molecule has 0 spiro atoms. The van der Waals surface area contributed by atoms with Gasteiger partial charge in [0.15, 0.2) is 0 Å². The lowest BCUT2D eigenvalue weighted by Crippen LogP contribution is -2.53. The van der Waals surface area contributed by atoms with Crippen LogP contribution in [0.25, 0.3) is 0 Å². The monoisotopic (exact) mass is 298 g/mol. The van der Waals surface area contributed by atoms with Gasteiger partial charge in [-0.05, 0) is 12.3 Å². The van der Waals surface area contributed by atoms with E-state index in [1.54, 1.807) is 6.92 Å². The van der Waals surface area contributed by atoms with E-state index in [1.807, 2.05) is 0 Å². The smallest absolute Gasteiger partial charge is 0.406 e. The molecule has 0 aromatic carbocycles. The molecule has 0 bridgehead atoms. The Labute approximate surface area is 113 Å². The average Bonchev–Trinajstić information content (AvgIpc) is 2.28. The molecule has 1 saturated heterocycles. The topological polar surface area (TPSA) is 81.1 Å². The van der Waals surface area contributed by atoms with Gasteiger partial charge >= 0.3 is 18.2 Å². The van der Waals surface area contributed by atoms with Crippen LogP contribution in [0.4, 0.5) is 18.0 Å². The lowest BCUT2D eigenvalue weighted by atomic mass is 9.97. The normalized spacial score (nSPS) is 23.6. The number of amides is 2. The highest BCUT2D eigenvalue weighted by Crippen LogP contribution is 2.21. The number of aliphatic carboxylic acids is 1. The molecule has 0 saturated carbocycles. The highest BCUT2D eigenvalue weighted by Gasteiger charge is 2.37. The number of hydrogen-bond acceptors (Lipinski definition) is 3. The van der Waals surface area contributed by atoms with Crippen molar-refractivity contribution in [3.63, 3.8) is 0 Å². The standard InChI is InChI=1S/C11H17F3N2O4/c1-7-4-15(3-2-8(7)17)10(20)16(5-9(18)19)6-11(12,13)14/h7-8,17H,2-6H2,1H3,(H,18,19). The molecule has 0 aromatic heterocycles. The molecule has 1 aliphatic heterocycles. The maximum Gasteiger partial charge on any atom is 0.406 e. The van der Waals surface area contributed by atoms with Crippen LogP contribution in [0.3, 0.4) is 0 Å². The summed E-state index contributed by atoms with van der Waals surface area (Å²) >= 11 is 0. The molecule has 2 unspecified atom stereocenters. The van der Waals surface area contributed by atoms with E-state index in [4.69, 9.17) is 5.11 Å². The molecule has 2 amide bonds. The van der Waals surface area contributed by atoms with E-state index < -0.39 is 37.4 Å². The summed E-state index contributed by atoms with van der Waals surface area (Å²) in [5, 5.41) is 18.1. The van der Waals surface area contributed by atoms with Gasteiger partial charge in [0.05, 0.1) is 6.10 Å². The number of carbonyl (C=O) groups excluding carboxylic acids is 1. The minimum absolute atomic E-state index is 0.105. The first-order valence-electron chi connectivity index (χ1n) is 6.10. The van der Waals surface area contributed by atoms with Crippen LogP contribution in [0.15, 0.2) is 0 Å². The lowest BCUT2D eigenvalue weighted by molar-refractivity contribution is -0.150. The molecule has 1 rings (SSSR count). The van der Waals surface area contributed by atoms with Gasteiger partial charge in [0, 0.05) is 13.1 Å². The van der Waals surface area contributed by atoms with Crippen molar-refractivity contribution in [3.05, 3.63) is 0 Å². The maximum absolute atomic E-state index is 12.4. The number of piperidine rings is 1. The van der Waals surface area contributed by atoms with Gasteiger partial charge in [-0.1, -0.05) is 6.92 Å². The Balaban J connectivity index is 2.74. The van der Waals surface area contributed by atoms with Crippen LogP contribution in [-0.4, -0.2) is 70.5 Å². The van der Waals surface area contributed by atoms with Crippen molar-refractivity contribution in [1.82, 2.24) is 9.80 Å². The molecule has 2 N–H and O–H groups in total. The number of carboxylic acids is 1. The van der Waals surface area contributed by atoms with Gasteiger partial charge in [0.25, 0.3) is 0 Å². The molecule has 0 aliphatic carbocycles. The van der Waals surface area contributed by atoms with E-state index in [9.17, 15) is 27.9 Å². The van der Waals surface area contributed by atoms with Crippen LogP contribution in [0.2, 0.25) is 0 Å². The van der Waals surface area contributed by atoms with Crippen LogP contribution in [0.5, 0.6) is 0 Å². The summed E-state index contributed by atoms with van der Waals surface area (Å²) in [4.78, 5) is 24.0. The Bertz CT molecular complexity index is 375. The summed E-state index contributed by atoms with van der Waals surface area (Å²) in [5.74, 6) is -1.77. The van der Waals surface area contributed by atoms with E-state index in [0.717, 1.165) is 4.90 Å². The zero-order valence-electron chi connectivity index (χ0n) is 10.9. The number of urea groups is 1. The fourth-order valence-electron chi connectivity index (χ4n) is 2.08. The average molecular weight is 298 g/mol. The van der Waals surface area contributed by atoms with Gasteiger partial charge in [-0.2, -0.15) is 13.2 Å². The Morgan fingerprint density at radius 1 is 1.40 bits per heavy atom. The number of nitrogens with zero attached hydrogens (tertiary/aromatic N) is 2. The van der Waals surface area contributed by atoms with Crippen molar-refractivity contribution in [3.8, 4) is 0 Å². The van der Waals surface area contributed by atoms with E-state index >= 15 is 0 Å². The summed E-state index contributed by atoms with van der Waals surface area (Å²) in [6.45, 7) is -0.723. The molecular weight excluding hydrogens is 281 g/mol. The van der Waals surface area contributed by atoms with E-state index in [0.29, 0.717) is 0 Å². The number of hydrogen-bond donors (Lipinski definition) is 2. The van der Waals surface area contributed by atoms with Crippen molar-refractivity contribution in [2.75, 3.05) is 26.2 Å². The van der Waals surface area contributed by atoms with Crippen molar-refractivity contribution in [2.24, 2.45) is 5.92 Å². The predicted molar refractivity (Wildman–Crippen MR) is 62.0 cm³/mol. The second kappa shape index (κ2) is 6.29. The van der Waals surface area contributed by atoms with Crippen LogP contribution in [-0.2, 0) is 4.79 Å². The number of aliphatic hydroxyl groups is 1. The van der Waals surface area contributed by atoms with E-state index in [2.05, 4.69) is 0 Å². The first-order chi connectivity index (χ1) is 9.10. The fourth-order valence-corrected chi connectivity index (χ4v) is 2.08. The third-order valence-corrected chi connectivity index (χ3v) is 3.10.